The zero-order chi connectivity index (χ0) is 21.8. The van der Waals surface area contributed by atoms with Gasteiger partial charge in [0.2, 0.25) is 5.91 Å². The molecule has 8 heteroatoms. The summed E-state index contributed by atoms with van der Waals surface area (Å²) in [7, 11) is 0. The van der Waals surface area contributed by atoms with Crippen molar-refractivity contribution in [3.05, 3.63) is 60.2 Å². The number of ether oxygens (including phenoxy) is 1. The van der Waals surface area contributed by atoms with Gasteiger partial charge in [-0.1, -0.05) is 30.3 Å². The second-order valence-corrected chi connectivity index (χ2v) is 7.64. The van der Waals surface area contributed by atoms with Crippen molar-refractivity contribution < 1.29 is 19.1 Å². The second kappa shape index (κ2) is 8.67. The number of carbonyl (C=O) groups excluding carboxylic acids is 3. The molecule has 2 N–H and O–H groups in total. The van der Waals surface area contributed by atoms with Gasteiger partial charge in [-0.05, 0) is 44.0 Å². The van der Waals surface area contributed by atoms with E-state index in [4.69, 9.17) is 4.74 Å². The number of nitrogens with one attached hydrogen (secondary N) is 2. The van der Waals surface area contributed by atoms with Crippen molar-refractivity contribution in [2.24, 2.45) is 0 Å². The van der Waals surface area contributed by atoms with Gasteiger partial charge in [0.15, 0.2) is 0 Å². The van der Waals surface area contributed by atoms with E-state index in [1.165, 1.54) is 0 Å². The highest BCUT2D eigenvalue weighted by Crippen LogP contribution is 2.36. The maximum Gasteiger partial charge on any atom is 0.340 e. The molecule has 1 spiro atoms. The molecule has 0 saturated carbocycles. The van der Waals surface area contributed by atoms with Crippen molar-refractivity contribution in [2.75, 3.05) is 36.6 Å². The summed E-state index contributed by atoms with van der Waals surface area (Å²) in [5.74, 6) is -0.471. The minimum absolute atomic E-state index is 0.00377. The molecule has 3 amide bonds. The average molecular weight is 422 g/mol. The van der Waals surface area contributed by atoms with Gasteiger partial charge in [0.1, 0.15) is 5.54 Å². The Morgan fingerprint density at radius 3 is 2.45 bits per heavy atom. The van der Waals surface area contributed by atoms with Gasteiger partial charge >= 0.3 is 12.0 Å². The van der Waals surface area contributed by atoms with Gasteiger partial charge in [-0.3, -0.25) is 4.79 Å². The number of hydrogen-bond donors (Lipinski definition) is 2. The standard InChI is InChI=1S/C23H26N4O4/c1-2-31-20(28)18-10-6-7-11-19(18)25-22(30)26-14-12-23(13-15-26)21(29)24-16-27(23)17-8-4-3-5-9-17/h3-11H,2,12-16H2,1H3,(H,24,29)(H,25,30). The maximum absolute atomic E-state index is 12.9. The van der Waals surface area contributed by atoms with Gasteiger partial charge in [0, 0.05) is 18.8 Å². The second-order valence-electron chi connectivity index (χ2n) is 7.64. The Balaban J connectivity index is 1.45. The molecular formula is C23H26N4O4. The highest BCUT2D eigenvalue weighted by molar-refractivity contribution is 6.01. The highest BCUT2D eigenvalue weighted by Gasteiger charge is 2.50. The largest absolute Gasteiger partial charge is 0.462 e. The summed E-state index contributed by atoms with van der Waals surface area (Å²) in [5.41, 5.74) is 1.07. The molecule has 162 valence electrons. The zero-order valence-electron chi connectivity index (χ0n) is 17.5. The molecule has 2 aliphatic rings. The van der Waals surface area contributed by atoms with Crippen LogP contribution in [0.25, 0.3) is 0 Å². The minimum Gasteiger partial charge on any atom is -0.462 e. The minimum atomic E-state index is -0.652. The maximum atomic E-state index is 12.9. The van der Waals surface area contributed by atoms with Crippen LogP contribution in [0.5, 0.6) is 0 Å². The highest BCUT2D eigenvalue weighted by atomic mass is 16.5. The summed E-state index contributed by atoms with van der Waals surface area (Å²) in [6.07, 6.45) is 1.06. The van der Waals surface area contributed by atoms with E-state index in [0.29, 0.717) is 43.9 Å². The Bertz CT molecular complexity index is 971. The Morgan fingerprint density at radius 2 is 1.74 bits per heavy atom. The number of amides is 3. The number of anilines is 2. The smallest absolute Gasteiger partial charge is 0.340 e. The fourth-order valence-electron chi connectivity index (χ4n) is 4.29. The van der Waals surface area contributed by atoms with E-state index in [2.05, 4.69) is 15.5 Å². The van der Waals surface area contributed by atoms with E-state index >= 15 is 0 Å². The number of rotatable bonds is 4. The topological polar surface area (TPSA) is 91.0 Å². The number of hydrogen-bond acceptors (Lipinski definition) is 5. The Hall–Kier alpha value is -3.55. The lowest BCUT2D eigenvalue weighted by Gasteiger charge is -2.43. The van der Waals surface area contributed by atoms with E-state index in [1.807, 2.05) is 30.3 Å². The predicted octanol–water partition coefficient (Wildman–Crippen LogP) is 2.82. The van der Waals surface area contributed by atoms with Crippen LogP contribution in [0.3, 0.4) is 0 Å². The fourth-order valence-corrected chi connectivity index (χ4v) is 4.29. The van der Waals surface area contributed by atoms with Crippen molar-refractivity contribution >= 4 is 29.3 Å². The normalized spacial score (nSPS) is 17.4. The number of nitrogens with zero attached hydrogens (tertiary/aromatic N) is 2. The van der Waals surface area contributed by atoms with Gasteiger partial charge in [-0.2, -0.15) is 0 Å². The molecule has 0 bridgehead atoms. The molecule has 0 radical (unpaired) electrons. The van der Waals surface area contributed by atoms with Gasteiger partial charge in [-0.25, -0.2) is 9.59 Å². The number of para-hydroxylation sites is 2. The van der Waals surface area contributed by atoms with E-state index < -0.39 is 11.5 Å². The Kier molecular flexibility index (Phi) is 5.79. The number of piperidine rings is 1. The summed E-state index contributed by atoms with van der Waals surface area (Å²) in [6, 6.07) is 16.3. The summed E-state index contributed by atoms with van der Waals surface area (Å²) >= 11 is 0. The van der Waals surface area contributed by atoms with Crippen LogP contribution >= 0.6 is 0 Å². The van der Waals surface area contributed by atoms with E-state index in [1.54, 1.807) is 36.1 Å². The zero-order valence-corrected chi connectivity index (χ0v) is 17.5. The van der Waals surface area contributed by atoms with Gasteiger partial charge in [0.05, 0.1) is 24.5 Å². The lowest BCUT2D eigenvalue weighted by atomic mass is 9.85. The van der Waals surface area contributed by atoms with Crippen LogP contribution in [0.15, 0.2) is 54.6 Å². The van der Waals surface area contributed by atoms with Crippen molar-refractivity contribution in [1.82, 2.24) is 10.2 Å². The number of urea groups is 1. The Labute approximate surface area is 181 Å². The quantitative estimate of drug-likeness (QED) is 0.740. The van der Waals surface area contributed by atoms with Crippen molar-refractivity contribution in [1.29, 1.82) is 0 Å². The molecule has 31 heavy (non-hydrogen) atoms. The third kappa shape index (κ3) is 3.93. The third-order valence-electron chi connectivity index (χ3n) is 5.95. The lowest BCUT2D eigenvalue weighted by molar-refractivity contribution is -0.124. The first kappa shape index (κ1) is 20.7. The van der Waals surface area contributed by atoms with Crippen LogP contribution in [0.2, 0.25) is 0 Å². The van der Waals surface area contributed by atoms with Gasteiger partial charge < -0.3 is 25.2 Å². The van der Waals surface area contributed by atoms with Crippen molar-refractivity contribution in [2.45, 2.75) is 25.3 Å². The molecule has 8 nitrogen and oxygen atoms in total. The van der Waals surface area contributed by atoms with Gasteiger partial charge in [-0.15, -0.1) is 0 Å². The van der Waals surface area contributed by atoms with Crippen LogP contribution in [0, 0.1) is 0 Å². The summed E-state index contributed by atoms with van der Waals surface area (Å²) in [6.45, 7) is 3.33. The Morgan fingerprint density at radius 1 is 1.06 bits per heavy atom. The predicted molar refractivity (Wildman–Crippen MR) is 117 cm³/mol. The molecule has 2 fully saturated rings. The van der Waals surface area contributed by atoms with Crippen LogP contribution < -0.4 is 15.5 Å². The molecule has 2 aliphatic heterocycles. The first-order valence-corrected chi connectivity index (χ1v) is 10.5. The first-order valence-electron chi connectivity index (χ1n) is 10.5. The van der Waals surface area contributed by atoms with Crippen molar-refractivity contribution in [3.63, 3.8) is 0 Å². The summed E-state index contributed by atoms with van der Waals surface area (Å²) < 4.78 is 5.07. The molecule has 2 saturated heterocycles. The molecule has 0 unspecified atom stereocenters. The van der Waals surface area contributed by atoms with Gasteiger partial charge in [0.25, 0.3) is 0 Å². The number of esters is 1. The summed E-state index contributed by atoms with van der Waals surface area (Å²) in [4.78, 5) is 41.6. The molecule has 0 aromatic heterocycles. The number of likely N-dealkylation sites (tertiary alicyclic amines) is 1. The molecule has 2 aromatic carbocycles. The van der Waals surface area contributed by atoms with E-state index in [-0.39, 0.29) is 18.5 Å². The van der Waals surface area contributed by atoms with Crippen LogP contribution in [0.4, 0.5) is 16.2 Å². The molecular weight excluding hydrogens is 396 g/mol. The van der Waals surface area contributed by atoms with E-state index in [9.17, 15) is 14.4 Å². The lowest BCUT2D eigenvalue weighted by Crippen LogP contribution is -2.57. The average Bonchev–Trinajstić information content (AvgIpc) is 3.10. The van der Waals surface area contributed by atoms with E-state index in [0.717, 1.165) is 5.69 Å². The first-order chi connectivity index (χ1) is 15.0. The molecule has 4 rings (SSSR count). The fraction of sp³-hybridized carbons (Fsp3) is 0.348. The van der Waals surface area contributed by atoms with Crippen LogP contribution in [-0.2, 0) is 9.53 Å². The number of carbonyl (C=O) groups is 3. The summed E-state index contributed by atoms with van der Waals surface area (Å²) in [5, 5.41) is 5.79. The molecule has 2 heterocycles. The molecule has 2 aromatic rings. The molecule has 0 aliphatic carbocycles. The SMILES string of the molecule is CCOC(=O)c1ccccc1NC(=O)N1CCC2(CC1)C(=O)NCN2c1ccccc1. The third-order valence-corrected chi connectivity index (χ3v) is 5.95. The molecule has 0 atom stereocenters. The van der Waals surface area contributed by atoms with Crippen LogP contribution in [-0.4, -0.2) is 54.7 Å². The number of benzene rings is 2. The van der Waals surface area contributed by atoms with Crippen LogP contribution in [0.1, 0.15) is 30.1 Å². The monoisotopic (exact) mass is 422 g/mol. The van der Waals surface area contributed by atoms with Crippen molar-refractivity contribution in [3.8, 4) is 0 Å².